The molecule has 0 aliphatic heterocycles. The van der Waals surface area contributed by atoms with Crippen molar-refractivity contribution in [2.24, 2.45) is 0 Å². The van der Waals surface area contributed by atoms with E-state index in [0.29, 0.717) is 0 Å². The molecule has 3 heteroatoms. The lowest BCUT2D eigenvalue weighted by Crippen LogP contribution is -2.15. The highest BCUT2D eigenvalue weighted by molar-refractivity contribution is 4.44. The van der Waals surface area contributed by atoms with Crippen molar-refractivity contribution in [3.05, 3.63) is 0 Å². The zero-order chi connectivity index (χ0) is 11.2. The molecule has 14 heavy (non-hydrogen) atoms. The Labute approximate surface area is 87.8 Å². The van der Waals surface area contributed by atoms with Gasteiger partial charge in [-0.1, -0.05) is 52.4 Å². The third-order valence-corrected chi connectivity index (χ3v) is 1.88. The van der Waals surface area contributed by atoms with E-state index in [0.717, 1.165) is 0 Å². The van der Waals surface area contributed by atoms with Gasteiger partial charge >= 0.3 is 0 Å². The van der Waals surface area contributed by atoms with Gasteiger partial charge < -0.3 is 15.3 Å². The molecule has 0 spiro atoms. The lowest BCUT2D eigenvalue weighted by molar-refractivity contribution is 0.0450. The van der Waals surface area contributed by atoms with E-state index in [4.69, 9.17) is 15.3 Å². The van der Waals surface area contributed by atoms with Gasteiger partial charge in [0.2, 0.25) is 0 Å². The highest BCUT2D eigenvalue weighted by Crippen LogP contribution is 2.03. The molecule has 0 radical (unpaired) electrons. The monoisotopic (exact) mass is 206 g/mol. The normalized spacial score (nSPS) is 9.86. The molecule has 88 valence electrons. The van der Waals surface area contributed by atoms with E-state index in [1.807, 2.05) is 0 Å². The first-order valence-electron chi connectivity index (χ1n) is 5.62. The Morgan fingerprint density at radius 3 is 1.29 bits per heavy atom. The molecule has 0 saturated carbocycles. The maximum absolute atomic E-state index is 8.17. The van der Waals surface area contributed by atoms with Crippen LogP contribution in [-0.2, 0) is 0 Å². The summed E-state index contributed by atoms with van der Waals surface area (Å²) in [6.07, 6.45) is 7.53. The molecule has 0 rings (SSSR count). The Bertz CT molecular complexity index is 76.6. The van der Waals surface area contributed by atoms with Crippen LogP contribution in [0, 0.1) is 0 Å². The minimum absolute atomic E-state index is 0.365. The van der Waals surface area contributed by atoms with Crippen molar-refractivity contribution in [2.45, 2.75) is 58.5 Å². The van der Waals surface area contributed by atoms with E-state index in [9.17, 15) is 0 Å². The van der Waals surface area contributed by atoms with Gasteiger partial charge in [-0.2, -0.15) is 0 Å². The average molecular weight is 206 g/mol. The van der Waals surface area contributed by atoms with Gasteiger partial charge in [-0.3, -0.25) is 0 Å². The topological polar surface area (TPSA) is 60.7 Å². The SMILES string of the molecule is CCCCCCCC.OCC(O)CO. The van der Waals surface area contributed by atoms with Gasteiger partial charge in [0, 0.05) is 0 Å². The van der Waals surface area contributed by atoms with Crippen LogP contribution in [0.4, 0.5) is 0 Å². The van der Waals surface area contributed by atoms with Gasteiger partial charge in [-0.05, 0) is 0 Å². The molecule has 0 atom stereocenters. The van der Waals surface area contributed by atoms with Crippen LogP contribution in [0.25, 0.3) is 0 Å². The second-order valence-electron chi connectivity index (χ2n) is 3.43. The Morgan fingerprint density at radius 2 is 1.14 bits per heavy atom. The summed E-state index contributed by atoms with van der Waals surface area (Å²) >= 11 is 0. The summed E-state index contributed by atoms with van der Waals surface area (Å²) in [6.45, 7) is 3.78. The molecule has 0 heterocycles. The molecular formula is C11H26O3. The maximum atomic E-state index is 8.17. The van der Waals surface area contributed by atoms with E-state index >= 15 is 0 Å². The van der Waals surface area contributed by atoms with Crippen LogP contribution in [-0.4, -0.2) is 34.6 Å². The number of hydrogen-bond acceptors (Lipinski definition) is 3. The van der Waals surface area contributed by atoms with Gasteiger partial charge in [-0.25, -0.2) is 0 Å². The highest BCUT2D eigenvalue weighted by Gasteiger charge is 1.93. The van der Waals surface area contributed by atoms with Crippen molar-refractivity contribution in [3.63, 3.8) is 0 Å². The number of hydrogen-bond donors (Lipinski definition) is 3. The van der Waals surface area contributed by atoms with Gasteiger partial charge in [0.25, 0.3) is 0 Å². The van der Waals surface area contributed by atoms with E-state index in [1.165, 1.54) is 38.5 Å². The minimum atomic E-state index is -0.954. The fourth-order valence-corrected chi connectivity index (χ4v) is 0.911. The average Bonchev–Trinajstić information content (AvgIpc) is 2.24. The first-order valence-corrected chi connectivity index (χ1v) is 5.62. The summed E-state index contributed by atoms with van der Waals surface area (Å²) in [7, 11) is 0. The third kappa shape index (κ3) is 17.8. The van der Waals surface area contributed by atoms with Crippen molar-refractivity contribution in [1.29, 1.82) is 0 Å². The molecule has 0 aromatic heterocycles. The van der Waals surface area contributed by atoms with Crippen molar-refractivity contribution in [1.82, 2.24) is 0 Å². The Balaban J connectivity index is 0. The summed E-state index contributed by atoms with van der Waals surface area (Å²) < 4.78 is 0. The Kier molecular flexibility index (Phi) is 17.9. The second kappa shape index (κ2) is 15.4. The Morgan fingerprint density at radius 1 is 0.786 bits per heavy atom. The lowest BCUT2D eigenvalue weighted by Gasteiger charge is -1.96. The van der Waals surface area contributed by atoms with Gasteiger partial charge in [-0.15, -0.1) is 0 Å². The molecule has 0 aromatic carbocycles. The first-order chi connectivity index (χ1) is 6.72. The molecule has 0 amide bonds. The summed E-state index contributed by atoms with van der Waals surface area (Å²) in [4.78, 5) is 0. The number of unbranched alkanes of at least 4 members (excludes halogenated alkanes) is 5. The predicted molar refractivity (Wildman–Crippen MR) is 59.2 cm³/mol. The van der Waals surface area contributed by atoms with Gasteiger partial charge in [0.1, 0.15) is 6.10 Å². The standard InChI is InChI=1S/C8H18.C3H8O3/c1-3-5-7-8-6-4-2;4-1-3(6)2-5/h3-8H2,1-2H3;3-6H,1-2H2. The summed E-state index contributed by atoms with van der Waals surface area (Å²) in [5.41, 5.74) is 0. The highest BCUT2D eigenvalue weighted by atomic mass is 16.3. The molecule has 0 saturated heterocycles. The van der Waals surface area contributed by atoms with E-state index in [2.05, 4.69) is 13.8 Å². The van der Waals surface area contributed by atoms with Crippen molar-refractivity contribution in [2.75, 3.05) is 13.2 Å². The molecule has 0 fully saturated rings. The number of aliphatic hydroxyl groups excluding tert-OH is 3. The smallest absolute Gasteiger partial charge is 0.100 e. The molecule has 0 unspecified atom stereocenters. The van der Waals surface area contributed by atoms with Crippen LogP contribution in [0.2, 0.25) is 0 Å². The van der Waals surface area contributed by atoms with Crippen LogP contribution in [0.5, 0.6) is 0 Å². The third-order valence-electron chi connectivity index (χ3n) is 1.88. The molecule has 0 aliphatic carbocycles. The van der Waals surface area contributed by atoms with Crippen molar-refractivity contribution in [3.8, 4) is 0 Å². The van der Waals surface area contributed by atoms with Gasteiger partial charge in [0.05, 0.1) is 13.2 Å². The van der Waals surface area contributed by atoms with Crippen LogP contribution in [0.3, 0.4) is 0 Å². The second-order valence-corrected chi connectivity index (χ2v) is 3.43. The molecular weight excluding hydrogens is 180 g/mol. The van der Waals surface area contributed by atoms with Crippen molar-refractivity contribution >= 4 is 0 Å². The van der Waals surface area contributed by atoms with Crippen LogP contribution >= 0.6 is 0 Å². The summed E-state index contributed by atoms with van der Waals surface area (Å²) in [5.74, 6) is 0. The van der Waals surface area contributed by atoms with Crippen LogP contribution < -0.4 is 0 Å². The first kappa shape index (κ1) is 16.3. The van der Waals surface area contributed by atoms with Crippen LogP contribution in [0.15, 0.2) is 0 Å². The molecule has 0 bridgehead atoms. The molecule has 0 aliphatic rings. The van der Waals surface area contributed by atoms with Crippen molar-refractivity contribution < 1.29 is 15.3 Å². The zero-order valence-electron chi connectivity index (χ0n) is 9.58. The van der Waals surface area contributed by atoms with Gasteiger partial charge in [0.15, 0.2) is 0 Å². The molecule has 0 aromatic rings. The van der Waals surface area contributed by atoms with E-state index in [1.54, 1.807) is 0 Å². The van der Waals surface area contributed by atoms with E-state index in [-0.39, 0.29) is 13.2 Å². The fourth-order valence-electron chi connectivity index (χ4n) is 0.911. The fraction of sp³-hybridized carbons (Fsp3) is 1.00. The quantitative estimate of drug-likeness (QED) is 0.556. The summed E-state index contributed by atoms with van der Waals surface area (Å²) in [5, 5.41) is 24.0. The number of rotatable bonds is 7. The lowest BCUT2D eigenvalue weighted by atomic mass is 10.1. The summed E-state index contributed by atoms with van der Waals surface area (Å²) in [6, 6.07) is 0. The molecule has 3 N–H and O–H groups in total. The zero-order valence-corrected chi connectivity index (χ0v) is 9.58. The largest absolute Gasteiger partial charge is 0.394 e. The molecule has 3 nitrogen and oxygen atoms in total. The number of aliphatic hydroxyl groups is 3. The minimum Gasteiger partial charge on any atom is -0.394 e. The van der Waals surface area contributed by atoms with E-state index < -0.39 is 6.10 Å². The maximum Gasteiger partial charge on any atom is 0.100 e. The predicted octanol–water partition coefficient (Wildman–Crippen LogP) is 1.70. The van der Waals surface area contributed by atoms with Crippen LogP contribution in [0.1, 0.15) is 52.4 Å². The Hall–Kier alpha value is -0.120.